The van der Waals surface area contributed by atoms with E-state index in [1.54, 1.807) is 0 Å². The molecule has 0 atom stereocenters. The summed E-state index contributed by atoms with van der Waals surface area (Å²) in [7, 11) is 2.15. The number of rotatable bonds is 5. The van der Waals surface area contributed by atoms with Crippen LogP contribution >= 0.6 is 0 Å². The van der Waals surface area contributed by atoms with Crippen molar-refractivity contribution in [2.75, 3.05) is 52.9 Å². The average molecular weight is 240 g/mol. The van der Waals surface area contributed by atoms with Crippen LogP contribution in [-0.4, -0.2) is 68.6 Å². The molecule has 2 rings (SSSR count). The summed E-state index contributed by atoms with van der Waals surface area (Å²) in [5, 5.41) is 3.02. The zero-order valence-electron chi connectivity index (χ0n) is 10.7. The molecule has 1 heterocycles. The van der Waals surface area contributed by atoms with E-state index in [9.17, 15) is 4.79 Å². The van der Waals surface area contributed by atoms with Crippen molar-refractivity contribution in [1.29, 1.82) is 0 Å². The van der Waals surface area contributed by atoms with E-state index in [0.29, 0.717) is 6.54 Å². The molecule has 0 aromatic heterocycles. The van der Waals surface area contributed by atoms with Crippen molar-refractivity contribution in [3.8, 4) is 0 Å². The van der Waals surface area contributed by atoms with Crippen molar-refractivity contribution >= 4 is 5.91 Å². The summed E-state index contributed by atoms with van der Waals surface area (Å²) >= 11 is 0. The van der Waals surface area contributed by atoms with Crippen molar-refractivity contribution in [3.63, 3.8) is 0 Å². The Kier molecular flexibility index (Phi) is 4.01. The molecule has 17 heavy (non-hydrogen) atoms. The summed E-state index contributed by atoms with van der Waals surface area (Å²) in [6.07, 6.45) is 1.92. The van der Waals surface area contributed by atoms with Crippen LogP contribution in [0, 0.1) is 5.41 Å². The van der Waals surface area contributed by atoms with Gasteiger partial charge in [-0.05, 0) is 19.9 Å². The fourth-order valence-corrected chi connectivity index (χ4v) is 2.26. The molecule has 0 radical (unpaired) electrons. The maximum Gasteiger partial charge on any atom is 0.227 e. The second-order valence-corrected chi connectivity index (χ2v) is 5.39. The molecule has 0 spiro atoms. The van der Waals surface area contributed by atoms with Gasteiger partial charge in [0.15, 0.2) is 0 Å². The van der Waals surface area contributed by atoms with Gasteiger partial charge < -0.3 is 16.0 Å². The molecule has 2 aliphatic rings. The normalized spacial score (nSPS) is 24.6. The Balaban J connectivity index is 1.61. The predicted molar refractivity (Wildman–Crippen MR) is 67.7 cm³/mol. The molecule has 0 unspecified atom stereocenters. The van der Waals surface area contributed by atoms with E-state index in [2.05, 4.69) is 22.2 Å². The second kappa shape index (κ2) is 5.33. The molecule has 1 aliphatic heterocycles. The van der Waals surface area contributed by atoms with Gasteiger partial charge in [-0.2, -0.15) is 0 Å². The van der Waals surface area contributed by atoms with Crippen molar-refractivity contribution in [3.05, 3.63) is 0 Å². The first kappa shape index (κ1) is 12.8. The van der Waals surface area contributed by atoms with E-state index in [1.807, 2.05) is 0 Å². The largest absolute Gasteiger partial charge is 0.354 e. The average Bonchev–Trinajstić information content (AvgIpc) is 3.12. The summed E-state index contributed by atoms with van der Waals surface area (Å²) in [6, 6.07) is 0. The third-order valence-electron chi connectivity index (χ3n) is 4.04. The van der Waals surface area contributed by atoms with Crippen molar-refractivity contribution in [1.82, 2.24) is 15.1 Å². The first-order chi connectivity index (χ1) is 8.16. The van der Waals surface area contributed by atoms with Gasteiger partial charge in [-0.15, -0.1) is 0 Å². The molecule has 0 aromatic rings. The summed E-state index contributed by atoms with van der Waals surface area (Å²) in [5.41, 5.74) is 5.42. The van der Waals surface area contributed by atoms with Gasteiger partial charge in [-0.1, -0.05) is 0 Å². The Labute approximate surface area is 103 Å². The van der Waals surface area contributed by atoms with Gasteiger partial charge >= 0.3 is 0 Å². The highest BCUT2D eigenvalue weighted by Gasteiger charge is 2.48. The van der Waals surface area contributed by atoms with Crippen LogP contribution in [0.5, 0.6) is 0 Å². The van der Waals surface area contributed by atoms with Crippen molar-refractivity contribution in [2.45, 2.75) is 12.8 Å². The second-order valence-electron chi connectivity index (χ2n) is 5.39. The van der Waals surface area contributed by atoms with E-state index in [4.69, 9.17) is 5.73 Å². The quantitative estimate of drug-likeness (QED) is 0.653. The zero-order valence-corrected chi connectivity index (χ0v) is 10.7. The number of nitrogens with one attached hydrogen (secondary N) is 1. The monoisotopic (exact) mass is 240 g/mol. The summed E-state index contributed by atoms with van der Waals surface area (Å²) in [6.45, 7) is 6.67. The number of nitrogens with two attached hydrogens (primary N) is 1. The van der Waals surface area contributed by atoms with Crippen LogP contribution in [0.1, 0.15) is 12.8 Å². The number of nitrogens with zero attached hydrogens (tertiary/aromatic N) is 2. The summed E-state index contributed by atoms with van der Waals surface area (Å²) < 4.78 is 0. The first-order valence-corrected chi connectivity index (χ1v) is 6.55. The molecule has 0 aromatic carbocycles. The Morgan fingerprint density at radius 2 is 1.94 bits per heavy atom. The first-order valence-electron chi connectivity index (χ1n) is 6.55. The number of amides is 1. The van der Waals surface area contributed by atoms with Crippen LogP contribution in [0.3, 0.4) is 0 Å². The minimum Gasteiger partial charge on any atom is -0.354 e. The lowest BCUT2D eigenvalue weighted by atomic mass is 10.1. The summed E-state index contributed by atoms with van der Waals surface area (Å²) in [4.78, 5) is 16.6. The molecule has 2 fully saturated rings. The molecule has 5 nitrogen and oxygen atoms in total. The molecular formula is C12H24N4O. The van der Waals surface area contributed by atoms with E-state index < -0.39 is 0 Å². The SMILES string of the molecule is CN1CCN(CCNC(=O)C2(CN)CC2)CC1. The Bertz CT molecular complexity index is 270. The third kappa shape index (κ3) is 3.18. The highest BCUT2D eigenvalue weighted by atomic mass is 16.2. The predicted octanol–water partition coefficient (Wildman–Crippen LogP) is -0.911. The minimum absolute atomic E-state index is 0.161. The van der Waals surface area contributed by atoms with Crippen LogP contribution in [0.4, 0.5) is 0 Å². The number of hydrogen-bond donors (Lipinski definition) is 2. The van der Waals surface area contributed by atoms with Gasteiger partial charge in [-0.3, -0.25) is 9.69 Å². The van der Waals surface area contributed by atoms with Crippen molar-refractivity contribution in [2.24, 2.45) is 11.1 Å². The van der Waals surface area contributed by atoms with Crippen LogP contribution in [0.25, 0.3) is 0 Å². The van der Waals surface area contributed by atoms with Crippen LogP contribution < -0.4 is 11.1 Å². The fourth-order valence-electron chi connectivity index (χ4n) is 2.26. The van der Waals surface area contributed by atoms with Gasteiger partial charge in [-0.25, -0.2) is 0 Å². The molecule has 1 amide bonds. The Hall–Kier alpha value is -0.650. The molecule has 1 saturated heterocycles. The lowest BCUT2D eigenvalue weighted by Gasteiger charge is -2.32. The van der Waals surface area contributed by atoms with Crippen LogP contribution in [-0.2, 0) is 4.79 Å². The van der Waals surface area contributed by atoms with E-state index in [1.165, 1.54) is 0 Å². The highest BCUT2D eigenvalue weighted by molar-refractivity contribution is 5.85. The maximum atomic E-state index is 11.8. The van der Waals surface area contributed by atoms with E-state index >= 15 is 0 Å². The van der Waals surface area contributed by atoms with Crippen LogP contribution in [0.15, 0.2) is 0 Å². The van der Waals surface area contributed by atoms with Gasteiger partial charge in [0.2, 0.25) is 5.91 Å². The number of carbonyl (C=O) groups is 1. The zero-order chi connectivity index (χ0) is 12.3. The third-order valence-corrected chi connectivity index (χ3v) is 4.04. The van der Waals surface area contributed by atoms with Gasteiger partial charge in [0.05, 0.1) is 5.41 Å². The molecule has 5 heteroatoms. The molecule has 0 bridgehead atoms. The van der Waals surface area contributed by atoms with Gasteiger partial charge in [0.25, 0.3) is 0 Å². The van der Waals surface area contributed by atoms with Crippen LogP contribution in [0.2, 0.25) is 0 Å². The number of hydrogen-bond acceptors (Lipinski definition) is 4. The Morgan fingerprint density at radius 1 is 1.29 bits per heavy atom. The molecule has 3 N–H and O–H groups in total. The molecule has 98 valence electrons. The lowest BCUT2D eigenvalue weighted by Crippen LogP contribution is -2.47. The Morgan fingerprint density at radius 3 is 2.47 bits per heavy atom. The summed E-state index contributed by atoms with van der Waals surface area (Å²) in [5.74, 6) is 0.161. The molecular weight excluding hydrogens is 216 g/mol. The van der Waals surface area contributed by atoms with Gasteiger partial charge in [0.1, 0.15) is 0 Å². The standard InChI is InChI=1S/C12H24N4O/c1-15-6-8-16(9-7-15)5-4-14-11(17)12(10-13)2-3-12/h2-10,13H2,1H3,(H,14,17). The molecule has 1 aliphatic carbocycles. The van der Waals surface area contributed by atoms with Gasteiger partial charge in [0, 0.05) is 45.8 Å². The smallest absolute Gasteiger partial charge is 0.227 e. The lowest BCUT2D eigenvalue weighted by molar-refractivity contribution is -0.126. The van der Waals surface area contributed by atoms with E-state index in [0.717, 1.165) is 52.1 Å². The number of likely N-dealkylation sites (N-methyl/N-ethyl adjacent to an activating group) is 1. The highest BCUT2D eigenvalue weighted by Crippen LogP contribution is 2.44. The number of carbonyl (C=O) groups excluding carboxylic acids is 1. The minimum atomic E-state index is -0.206. The topological polar surface area (TPSA) is 61.6 Å². The maximum absolute atomic E-state index is 11.8. The molecule has 1 saturated carbocycles. The van der Waals surface area contributed by atoms with E-state index in [-0.39, 0.29) is 11.3 Å². The fraction of sp³-hybridized carbons (Fsp3) is 0.917. The van der Waals surface area contributed by atoms with Crippen molar-refractivity contribution < 1.29 is 4.79 Å². The number of piperazine rings is 1.